The molecule has 3 rings (SSSR count). The number of carbonyl (C=O) groups is 2. The van der Waals surface area contributed by atoms with E-state index in [4.69, 9.17) is 9.47 Å². The van der Waals surface area contributed by atoms with E-state index in [1.165, 1.54) is 17.8 Å². The average molecular weight is 401 g/mol. The minimum Gasteiger partial charge on any atom is -0.494 e. The van der Waals surface area contributed by atoms with Gasteiger partial charge in [0.25, 0.3) is 0 Å². The van der Waals surface area contributed by atoms with Crippen molar-refractivity contribution >= 4 is 28.8 Å². The molecule has 2 heterocycles. The van der Waals surface area contributed by atoms with Gasteiger partial charge in [0, 0.05) is 0 Å². The Morgan fingerprint density at radius 1 is 1.36 bits per heavy atom. The molecule has 0 radical (unpaired) electrons. The monoisotopic (exact) mass is 400 g/mol. The summed E-state index contributed by atoms with van der Waals surface area (Å²) in [6, 6.07) is 6.90. The fourth-order valence-electron chi connectivity index (χ4n) is 3.16. The van der Waals surface area contributed by atoms with Crippen LogP contribution in [0.1, 0.15) is 38.8 Å². The van der Waals surface area contributed by atoms with Crippen LogP contribution in [0.25, 0.3) is 0 Å². The minimum absolute atomic E-state index is 0.0680. The van der Waals surface area contributed by atoms with E-state index in [9.17, 15) is 9.59 Å². The molecule has 1 aromatic rings. The second kappa shape index (κ2) is 8.65. The van der Waals surface area contributed by atoms with Gasteiger partial charge in [0.2, 0.25) is 5.91 Å². The molecule has 148 valence electrons. The molecule has 0 spiro atoms. The fraction of sp³-hybridized carbons (Fsp3) is 0.381. The number of esters is 1. The van der Waals surface area contributed by atoms with Gasteiger partial charge in [0.15, 0.2) is 5.17 Å². The van der Waals surface area contributed by atoms with Crippen LogP contribution in [0, 0.1) is 0 Å². The van der Waals surface area contributed by atoms with Crippen molar-refractivity contribution in [3.63, 3.8) is 0 Å². The first-order valence-electron chi connectivity index (χ1n) is 9.27. The summed E-state index contributed by atoms with van der Waals surface area (Å²) in [5.41, 5.74) is 1.74. The third-order valence-electron chi connectivity index (χ3n) is 4.48. The molecule has 1 fully saturated rings. The summed E-state index contributed by atoms with van der Waals surface area (Å²) in [4.78, 5) is 31.7. The van der Waals surface area contributed by atoms with E-state index in [1.54, 1.807) is 11.8 Å². The predicted molar refractivity (Wildman–Crippen MR) is 110 cm³/mol. The van der Waals surface area contributed by atoms with Crippen molar-refractivity contribution in [3.05, 3.63) is 53.8 Å². The molecule has 0 N–H and O–H groups in total. The summed E-state index contributed by atoms with van der Waals surface area (Å²) in [5.74, 6) is 0.192. The van der Waals surface area contributed by atoms with Crippen LogP contribution in [0.2, 0.25) is 0 Å². The van der Waals surface area contributed by atoms with Gasteiger partial charge in [-0.2, -0.15) is 0 Å². The first-order chi connectivity index (χ1) is 13.5. The molecule has 2 aliphatic heterocycles. The molecule has 0 bridgehead atoms. The molecule has 2 atom stereocenters. The van der Waals surface area contributed by atoms with Crippen molar-refractivity contribution in [2.45, 2.75) is 38.5 Å². The number of rotatable bonds is 7. The van der Waals surface area contributed by atoms with Crippen LogP contribution in [0.15, 0.2) is 53.2 Å². The van der Waals surface area contributed by atoms with Crippen LogP contribution in [0.4, 0.5) is 0 Å². The highest BCUT2D eigenvalue weighted by atomic mass is 32.2. The highest BCUT2D eigenvalue weighted by molar-refractivity contribution is 8.15. The molecule has 0 saturated carbocycles. The van der Waals surface area contributed by atoms with Crippen molar-refractivity contribution in [2.24, 2.45) is 4.99 Å². The van der Waals surface area contributed by atoms with Crippen LogP contribution in [-0.4, -0.2) is 40.4 Å². The lowest BCUT2D eigenvalue weighted by Crippen LogP contribution is -2.40. The van der Waals surface area contributed by atoms with E-state index in [1.807, 2.05) is 38.1 Å². The van der Waals surface area contributed by atoms with Crippen molar-refractivity contribution in [3.8, 4) is 5.75 Å². The zero-order chi connectivity index (χ0) is 20.3. The minimum atomic E-state index is -0.574. The predicted octanol–water partition coefficient (Wildman–Crippen LogP) is 3.85. The summed E-state index contributed by atoms with van der Waals surface area (Å²) in [6.07, 6.45) is 2.43. The van der Waals surface area contributed by atoms with Gasteiger partial charge in [-0.3, -0.25) is 9.69 Å². The number of hydrogen-bond acceptors (Lipinski definition) is 6. The van der Waals surface area contributed by atoms with Crippen molar-refractivity contribution in [1.82, 2.24) is 4.90 Å². The Morgan fingerprint density at radius 3 is 2.71 bits per heavy atom. The number of benzene rings is 1. The maximum Gasteiger partial charge on any atom is 0.338 e. The van der Waals surface area contributed by atoms with Crippen LogP contribution < -0.4 is 4.74 Å². The number of carbonyl (C=O) groups excluding carboxylic acids is 2. The maximum absolute atomic E-state index is 12.8. The number of allylic oxidation sites excluding steroid dienone is 1. The van der Waals surface area contributed by atoms with Crippen LogP contribution in [0.5, 0.6) is 5.75 Å². The van der Waals surface area contributed by atoms with E-state index < -0.39 is 12.0 Å². The van der Waals surface area contributed by atoms with E-state index in [0.29, 0.717) is 23.0 Å². The number of hydrogen-bond donors (Lipinski definition) is 0. The van der Waals surface area contributed by atoms with Gasteiger partial charge in [-0.1, -0.05) is 43.5 Å². The third-order valence-corrected chi connectivity index (χ3v) is 5.53. The molecular weight excluding hydrogens is 376 g/mol. The van der Waals surface area contributed by atoms with E-state index >= 15 is 0 Å². The van der Waals surface area contributed by atoms with Crippen molar-refractivity contribution in [1.29, 1.82) is 0 Å². The van der Waals surface area contributed by atoms with Crippen LogP contribution in [0.3, 0.4) is 0 Å². The number of nitrogens with zero attached hydrogens (tertiary/aromatic N) is 2. The molecule has 28 heavy (non-hydrogen) atoms. The molecular formula is C21H24N2O4S. The topological polar surface area (TPSA) is 68.2 Å². The zero-order valence-corrected chi connectivity index (χ0v) is 17.1. The SMILES string of the molecule is C=CCOC(=O)C1=C(C)N=C2SC(C)C(=O)N2C1c1ccc(OCCC)cc1. The summed E-state index contributed by atoms with van der Waals surface area (Å²) in [5, 5.41) is 0.372. The van der Waals surface area contributed by atoms with E-state index in [-0.39, 0.29) is 17.8 Å². The lowest BCUT2D eigenvalue weighted by molar-refractivity contribution is -0.139. The number of amidine groups is 1. The fourth-order valence-corrected chi connectivity index (χ4v) is 4.19. The zero-order valence-electron chi connectivity index (χ0n) is 16.3. The van der Waals surface area contributed by atoms with Gasteiger partial charge >= 0.3 is 5.97 Å². The molecule has 7 heteroatoms. The summed E-state index contributed by atoms with van der Waals surface area (Å²) in [7, 11) is 0. The molecule has 0 aliphatic carbocycles. The first-order valence-corrected chi connectivity index (χ1v) is 10.2. The normalized spacial score (nSPS) is 21.3. The number of ether oxygens (including phenoxy) is 2. The maximum atomic E-state index is 12.8. The molecule has 6 nitrogen and oxygen atoms in total. The van der Waals surface area contributed by atoms with Crippen LogP contribution >= 0.6 is 11.8 Å². The smallest absolute Gasteiger partial charge is 0.338 e. The Morgan fingerprint density at radius 2 is 2.07 bits per heavy atom. The van der Waals surface area contributed by atoms with Crippen molar-refractivity contribution in [2.75, 3.05) is 13.2 Å². The Kier molecular flexibility index (Phi) is 6.24. The van der Waals surface area contributed by atoms with Gasteiger partial charge in [-0.15, -0.1) is 0 Å². The standard InChI is InChI=1S/C21H24N2O4S/c1-5-11-26-16-9-7-15(8-10-16)18-17(20(25)27-12-6-2)13(3)22-21-23(18)19(24)14(4)28-21/h6-10,14,18H,2,5,11-12H2,1,3-4H3. The van der Waals surface area contributed by atoms with Gasteiger partial charge < -0.3 is 9.47 Å². The average Bonchev–Trinajstić information content (AvgIpc) is 2.97. The van der Waals surface area contributed by atoms with Gasteiger partial charge in [0.1, 0.15) is 12.4 Å². The van der Waals surface area contributed by atoms with Crippen LogP contribution in [-0.2, 0) is 14.3 Å². The summed E-state index contributed by atoms with van der Waals surface area (Å²) in [6.45, 7) is 9.98. The molecule has 2 aliphatic rings. The third kappa shape index (κ3) is 3.85. The second-order valence-corrected chi connectivity index (χ2v) is 7.88. The molecule has 1 amide bonds. The van der Waals surface area contributed by atoms with E-state index in [2.05, 4.69) is 11.6 Å². The molecule has 2 unspecified atom stereocenters. The highest BCUT2D eigenvalue weighted by Gasteiger charge is 2.46. The summed E-state index contributed by atoms with van der Waals surface area (Å²) >= 11 is 1.40. The molecule has 1 saturated heterocycles. The first kappa shape index (κ1) is 20.2. The highest BCUT2D eigenvalue weighted by Crippen LogP contribution is 2.43. The number of amides is 1. The quantitative estimate of drug-likeness (QED) is 0.514. The Labute approximate surface area is 169 Å². The second-order valence-electron chi connectivity index (χ2n) is 6.57. The molecule has 0 aromatic heterocycles. The Bertz CT molecular complexity index is 844. The Hall–Kier alpha value is -2.54. The Balaban J connectivity index is 2.01. The molecule has 1 aromatic carbocycles. The lowest BCUT2D eigenvalue weighted by Gasteiger charge is -2.33. The van der Waals surface area contributed by atoms with Crippen molar-refractivity contribution < 1.29 is 19.1 Å². The lowest BCUT2D eigenvalue weighted by atomic mass is 9.94. The van der Waals surface area contributed by atoms with E-state index in [0.717, 1.165) is 17.7 Å². The number of fused-ring (bicyclic) bond motifs is 1. The number of aliphatic imine (C=N–C) groups is 1. The summed E-state index contributed by atoms with van der Waals surface area (Å²) < 4.78 is 10.9. The van der Waals surface area contributed by atoms with Gasteiger partial charge in [-0.25, -0.2) is 9.79 Å². The van der Waals surface area contributed by atoms with Gasteiger partial charge in [-0.05, 0) is 38.0 Å². The van der Waals surface area contributed by atoms with Gasteiger partial charge in [0.05, 0.1) is 29.2 Å². The largest absolute Gasteiger partial charge is 0.494 e. The number of thioether (sulfide) groups is 1.